The maximum absolute atomic E-state index is 11.8. The topological polar surface area (TPSA) is 87.7 Å². The molecule has 0 amide bonds. The summed E-state index contributed by atoms with van der Waals surface area (Å²) in [6.45, 7) is 0.472. The average molecular weight is 258 g/mol. The molecular formula is C10H18N4O2S. The molecule has 1 aliphatic rings. The van der Waals surface area contributed by atoms with Gasteiger partial charge >= 0.3 is 0 Å². The molecule has 2 N–H and O–H groups in total. The fraction of sp³-hybridized carbons (Fsp3) is 0.800. The molecule has 6 nitrogen and oxygen atoms in total. The molecule has 7 heteroatoms. The summed E-state index contributed by atoms with van der Waals surface area (Å²) in [4.78, 5) is 3.98. The summed E-state index contributed by atoms with van der Waals surface area (Å²) < 4.78 is 26.4. The zero-order valence-corrected chi connectivity index (χ0v) is 10.5. The molecule has 1 aliphatic carbocycles. The largest absolute Gasteiger partial charge is 0.263 e. The van der Waals surface area contributed by atoms with E-state index in [1.54, 1.807) is 0 Å². The van der Waals surface area contributed by atoms with Crippen LogP contribution in [-0.4, -0.2) is 35.4 Å². The lowest BCUT2D eigenvalue weighted by Gasteiger charge is -2.11. The predicted octanol–water partition coefficient (Wildman–Crippen LogP) is 0.599. The Morgan fingerprint density at radius 2 is 2.18 bits per heavy atom. The lowest BCUT2D eigenvalue weighted by molar-refractivity contribution is 0.561. The predicted molar refractivity (Wildman–Crippen MR) is 63.9 cm³/mol. The summed E-state index contributed by atoms with van der Waals surface area (Å²) in [5.41, 5.74) is 0. The molecular weight excluding hydrogens is 240 g/mol. The van der Waals surface area contributed by atoms with Crippen molar-refractivity contribution in [2.45, 2.75) is 43.8 Å². The Balaban J connectivity index is 1.70. The van der Waals surface area contributed by atoms with Gasteiger partial charge in [-0.3, -0.25) is 5.10 Å². The Kier molecular flexibility index (Phi) is 4.11. The van der Waals surface area contributed by atoms with Crippen LogP contribution in [0.3, 0.4) is 0 Å². The minimum absolute atomic E-state index is 0.173. The number of hydrogen-bond donors (Lipinski definition) is 2. The van der Waals surface area contributed by atoms with E-state index in [9.17, 15) is 8.42 Å². The molecule has 0 aromatic carbocycles. The molecule has 1 saturated carbocycles. The van der Waals surface area contributed by atoms with Gasteiger partial charge in [0.2, 0.25) is 10.0 Å². The molecule has 0 aliphatic heterocycles. The van der Waals surface area contributed by atoms with Crippen molar-refractivity contribution in [2.75, 3.05) is 6.54 Å². The molecule has 1 aromatic heterocycles. The molecule has 0 radical (unpaired) electrons. The van der Waals surface area contributed by atoms with Crippen LogP contribution in [-0.2, 0) is 16.4 Å². The van der Waals surface area contributed by atoms with Gasteiger partial charge in [0.25, 0.3) is 0 Å². The van der Waals surface area contributed by atoms with Crippen molar-refractivity contribution in [3.63, 3.8) is 0 Å². The second kappa shape index (κ2) is 5.59. The lowest BCUT2D eigenvalue weighted by Crippen LogP contribution is -2.33. The Bertz CT molecular complexity index is 423. The third-order valence-corrected chi connectivity index (χ3v) is 5.06. The van der Waals surface area contributed by atoms with Gasteiger partial charge < -0.3 is 0 Å². The number of aromatic nitrogens is 3. The van der Waals surface area contributed by atoms with Crippen molar-refractivity contribution >= 4 is 10.0 Å². The first-order valence-corrected chi connectivity index (χ1v) is 7.56. The molecule has 0 spiro atoms. The number of nitrogens with zero attached hydrogens (tertiary/aromatic N) is 2. The SMILES string of the molecule is O=S(=O)(NCCCc1ncn[nH]1)C1CCCC1. The minimum atomic E-state index is -3.10. The third-order valence-electron chi connectivity index (χ3n) is 3.10. The zero-order valence-electron chi connectivity index (χ0n) is 9.72. The smallest absolute Gasteiger partial charge is 0.214 e. The fourth-order valence-electron chi connectivity index (χ4n) is 2.14. The normalized spacial score (nSPS) is 17.6. The average Bonchev–Trinajstić information content (AvgIpc) is 2.97. The van der Waals surface area contributed by atoms with E-state index in [4.69, 9.17) is 0 Å². The number of aromatic amines is 1. The van der Waals surface area contributed by atoms with Crippen molar-refractivity contribution in [3.05, 3.63) is 12.2 Å². The van der Waals surface area contributed by atoms with Crippen LogP contribution in [0.25, 0.3) is 0 Å². The van der Waals surface area contributed by atoms with Crippen LogP contribution in [0.15, 0.2) is 6.33 Å². The highest BCUT2D eigenvalue weighted by Gasteiger charge is 2.27. The molecule has 1 aromatic rings. The van der Waals surface area contributed by atoms with Crippen LogP contribution in [0, 0.1) is 0 Å². The summed E-state index contributed by atoms with van der Waals surface area (Å²) in [7, 11) is -3.10. The van der Waals surface area contributed by atoms with Crippen molar-refractivity contribution in [3.8, 4) is 0 Å². The Labute approximate surface area is 101 Å². The molecule has 0 unspecified atom stereocenters. The van der Waals surface area contributed by atoms with Crippen molar-refractivity contribution in [2.24, 2.45) is 0 Å². The second-order valence-corrected chi connectivity index (χ2v) is 6.43. The quantitative estimate of drug-likeness (QED) is 0.731. The van der Waals surface area contributed by atoms with E-state index in [1.165, 1.54) is 6.33 Å². The molecule has 0 bridgehead atoms. The maximum atomic E-state index is 11.8. The van der Waals surface area contributed by atoms with Gasteiger partial charge in [0.05, 0.1) is 5.25 Å². The molecule has 0 saturated heterocycles. The summed E-state index contributed by atoms with van der Waals surface area (Å²) >= 11 is 0. The van der Waals surface area contributed by atoms with E-state index < -0.39 is 10.0 Å². The number of nitrogens with one attached hydrogen (secondary N) is 2. The first-order chi connectivity index (χ1) is 8.18. The van der Waals surface area contributed by atoms with E-state index in [-0.39, 0.29) is 5.25 Å². The second-order valence-electron chi connectivity index (χ2n) is 4.38. The molecule has 0 atom stereocenters. The number of H-pyrrole nitrogens is 1. The summed E-state index contributed by atoms with van der Waals surface area (Å²) in [5.74, 6) is 0.796. The number of sulfonamides is 1. The van der Waals surface area contributed by atoms with Crippen LogP contribution < -0.4 is 4.72 Å². The summed E-state index contributed by atoms with van der Waals surface area (Å²) in [5, 5.41) is 6.32. The van der Waals surface area contributed by atoms with E-state index in [0.717, 1.165) is 37.9 Å². The Morgan fingerprint density at radius 3 is 2.82 bits per heavy atom. The van der Waals surface area contributed by atoms with Gasteiger partial charge in [0.15, 0.2) is 0 Å². The maximum Gasteiger partial charge on any atom is 0.214 e. The van der Waals surface area contributed by atoms with Crippen LogP contribution in [0.4, 0.5) is 0 Å². The van der Waals surface area contributed by atoms with Crippen molar-refractivity contribution < 1.29 is 8.42 Å². The van der Waals surface area contributed by atoms with E-state index >= 15 is 0 Å². The zero-order chi connectivity index (χ0) is 12.1. The van der Waals surface area contributed by atoms with Gasteiger partial charge in [-0.25, -0.2) is 18.1 Å². The van der Waals surface area contributed by atoms with Crippen molar-refractivity contribution in [1.82, 2.24) is 19.9 Å². The van der Waals surface area contributed by atoms with E-state index in [2.05, 4.69) is 19.9 Å². The molecule has 1 heterocycles. The summed E-state index contributed by atoms with van der Waals surface area (Å²) in [6.07, 6.45) is 6.58. The standard InChI is InChI=1S/C10H18N4O2S/c15-17(16,9-4-1-2-5-9)13-7-3-6-10-11-8-12-14-10/h8-9,13H,1-7H2,(H,11,12,14). The van der Waals surface area contributed by atoms with Gasteiger partial charge in [-0.05, 0) is 19.3 Å². The number of aryl methyl sites for hydroxylation is 1. The van der Waals surface area contributed by atoms with Gasteiger partial charge in [-0.1, -0.05) is 12.8 Å². The Morgan fingerprint density at radius 1 is 1.41 bits per heavy atom. The summed E-state index contributed by atoms with van der Waals surface area (Å²) in [6, 6.07) is 0. The van der Waals surface area contributed by atoms with E-state index in [1.807, 2.05) is 0 Å². The number of rotatable bonds is 6. The minimum Gasteiger partial charge on any atom is -0.263 e. The van der Waals surface area contributed by atoms with Gasteiger partial charge in [-0.15, -0.1) is 0 Å². The lowest BCUT2D eigenvalue weighted by atomic mass is 10.3. The molecule has 17 heavy (non-hydrogen) atoms. The highest BCUT2D eigenvalue weighted by atomic mass is 32.2. The van der Waals surface area contributed by atoms with Gasteiger partial charge in [0, 0.05) is 13.0 Å². The highest BCUT2D eigenvalue weighted by Crippen LogP contribution is 2.23. The first-order valence-electron chi connectivity index (χ1n) is 6.01. The van der Waals surface area contributed by atoms with Gasteiger partial charge in [-0.2, -0.15) is 5.10 Å². The Hall–Kier alpha value is -0.950. The number of hydrogen-bond acceptors (Lipinski definition) is 4. The molecule has 96 valence electrons. The van der Waals surface area contributed by atoms with E-state index in [0.29, 0.717) is 13.0 Å². The van der Waals surface area contributed by atoms with Crippen LogP contribution in [0.5, 0.6) is 0 Å². The van der Waals surface area contributed by atoms with Gasteiger partial charge in [0.1, 0.15) is 12.2 Å². The molecule has 1 fully saturated rings. The fourth-order valence-corrected chi connectivity index (χ4v) is 3.76. The van der Waals surface area contributed by atoms with Crippen molar-refractivity contribution in [1.29, 1.82) is 0 Å². The molecule has 2 rings (SSSR count). The van der Waals surface area contributed by atoms with Crippen LogP contribution in [0.2, 0.25) is 0 Å². The first kappa shape index (κ1) is 12.5. The third kappa shape index (κ3) is 3.50. The highest BCUT2D eigenvalue weighted by molar-refractivity contribution is 7.90. The van der Waals surface area contributed by atoms with Crippen LogP contribution in [0.1, 0.15) is 37.9 Å². The monoisotopic (exact) mass is 258 g/mol. The van der Waals surface area contributed by atoms with Crippen LogP contribution >= 0.6 is 0 Å².